The van der Waals surface area contributed by atoms with Gasteiger partial charge in [0.2, 0.25) is 0 Å². The van der Waals surface area contributed by atoms with Crippen LogP contribution in [-0.2, 0) is 4.79 Å². The van der Waals surface area contributed by atoms with E-state index < -0.39 is 16.7 Å². The number of alkyl halides is 2. The molecule has 0 bridgehead atoms. The molecule has 0 saturated heterocycles. The van der Waals surface area contributed by atoms with E-state index in [2.05, 4.69) is 0 Å². The van der Waals surface area contributed by atoms with Gasteiger partial charge in [-0.1, -0.05) is 29.8 Å². The van der Waals surface area contributed by atoms with Crippen molar-refractivity contribution < 1.29 is 9.90 Å². The van der Waals surface area contributed by atoms with Crippen LogP contribution in [0.25, 0.3) is 0 Å². The molecule has 5 heteroatoms. The second-order valence-electron chi connectivity index (χ2n) is 2.66. The van der Waals surface area contributed by atoms with E-state index in [1.165, 1.54) is 0 Å². The monoisotopic (exact) mass is 252 g/mol. The fraction of sp³-hybridized carbons (Fsp3) is 0.222. The second kappa shape index (κ2) is 4.87. The Kier molecular flexibility index (Phi) is 4.05. The van der Waals surface area contributed by atoms with Gasteiger partial charge in [-0.15, -0.1) is 23.2 Å². The van der Waals surface area contributed by atoms with Gasteiger partial charge in [-0.2, -0.15) is 0 Å². The van der Waals surface area contributed by atoms with Crippen molar-refractivity contribution in [2.75, 3.05) is 0 Å². The lowest BCUT2D eigenvalue weighted by molar-refractivity contribution is -0.136. The summed E-state index contributed by atoms with van der Waals surface area (Å²) in [7, 11) is 0. The number of hydrogen-bond donors (Lipinski definition) is 1. The average molecular weight is 254 g/mol. The van der Waals surface area contributed by atoms with Crippen LogP contribution >= 0.6 is 34.8 Å². The predicted octanol–water partition coefficient (Wildman–Crippen LogP) is 3.31. The molecule has 2 atom stereocenters. The third-order valence-electron chi connectivity index (χ3n) is 1.70. The molecular formula is C9H7Cl3O2. The quantitative estimate of drug-likeness (QED) is 0.839. The smallest absolute Gasteiger partial charge is 0.323 e. The van der Waals surface area contributed by atoms with E-state index in [9.17, 15) is 4.79 Å². The van der Waals surface area contributed by atoms with Crippen LogP contribution in [-0.4, -0.2) is 16.5 Å². The first-order valence-electron chi connectivity index (χ1n) is 3.79. The molecule has 0 amide bonds. The lowest BCUT2D eigenvalue weighted by Crippen LogP contribution is -2.18. The molecule has 1 aromatic rings. The number of rotatable bonds is 3. The summed E-state index contributed by atoms with van der Waals surface area (Å²) in [5.41, 5.74) is 0.526. The number of carboxylic acids is 1. The number of carbonyl (C=O) groups is 1. The molecule has 1 aromatic carbocycles. The first-order chi connectivity index (χ1) is 6.54. The molecule has 1 N–H and O–H groups in total. The fourth-order valence-corrected chi connectivity index (χ4v) is 1.72. The standard InChI is InChI=1S/C9H7Cl3O2/c10-6-4-2-1-3-5(6)7(11)8(12)9(13)14/h1-4,7-8H,(H,13,14)/t7-,8-/m0/s1. The Morgan fingerprint density at radius 3 is 2.36 bits per heavy atom. The van der Waals surface area contributed by atoms with Gasteiger partial charge in [-0.25, -0.2) is 0 Å². The molecule has 14 heavy (non-hydrogen) atoms. The van der Waals surface area contributed by atoms with Gasteiger partial charge in [0.05, 0.1) is 5.38 Å². The summed E-state index contributed by atoms with van der Waals surface area (Å²) in [6.45, 7) is 0. The number of carboxylic acid groups (broad SMARTS) is 1. The maximum Gasteiger partial charge on any atom is 0.323 e. The third kappa shape index (κ3) is 2.53. The Morgan fingerprint density at radius 2 is 1.86 bits per heavy atom. The van der Waals surface area contributed by atoms with E-state index in [-0.39, 0.29) is 0 Å². The predicted molar refractivity (Wildman–Crippen MR) is 57.3 cm³/mol. The lowest BCUT2D eigenvalue weighted by Gasteiger charge is -2.13. The molecule has 2 nitrogen and oxygen atoms in total. The topological polar surface area (TPSA) is 37.3 Å². The minimum Gasteiger partial charge on any atom is -0.480 e. The zero-order valence-electron chi connectivity index (χ0n) is 6.95. The van der Waals surface area contributed by atoms with Crippen LogP contribution < -0.4 is 0 Å². The third-order valence-corrected chi connectivity index (χ3v) is 3.09. The van der Waals surface area contributed by atoms with Crippen molar-refractivity contribution >= 4 is 40.8 Å². The summed E-state index contributed by atoms with van der Waals surface area (Å²) in [4.78, 5) is 10.6. The van der Waals surface area contributed by atoms with Crippen LogP contribution in [0.4, 0.5) is 0 Å². The van der Waals surface area contributed by atoms with Crippen LogP contribution in [0.5, 0.6) is 0 Å². The molecule has 0 fully saturated rings. The summed E-state index contributed by atoms with van der Waals surface area (Å²) < 4.78 is 0. The van der Waals surface area contributed by atoms with Gasteiger partial charge in [0.1, 0.15) is 0 Å². The minimum absolute atomic E-state index is 0.416. The molecule has 0 aliphatic heterocycles. The van der Waals surface area contributed by atoms with Gasteiger partial charge in [0, 0.05) is 5.02 Å². The summed E-state index contributed by atoms with van der Waals surface area (Å²) >= 11 is 17.3. The van der Waals surface area contributed by atoms with Crippen molar-refractivity contribution in [3.05, 3.63) is 34.9 Å². The molecule has 0 radical (unpaired) electrons. The zero-order chi connectivity index (χ0) is 10.7. The van der Waals surface area contributed by atoms with Gasteiger partial charge in [-0.3, -0.25) is 4.79 Å². The van der Waals surface area contributed by atoms with E-state index in [4.69, 9.17) is 39.9 Å². The maximum atomic E-state index is 10.6. The molecule has 0 saturated carbocycles. The van der Waals surface area contributed by atoms with E-state index in [0.717, 1.165) is 0 Å². The van der Waals surface area contributed by atoms with Crippen LogP contribution in [0, 0.1) is 0 Å². The van der Waals surface area contributed by atoms with Crippen LogP contribution in [0.1, 0.15) is 10.9 Å². The summed E-state index contributed by atoms with van der Waals surface area (Å²) in [6.07, 6.45) is 0. The number of benzene rings is 1. The first-order valence-corrected chi connectivity index (χ1v) is 5.04. The molecular weight excluding hydrogens is 246 g/mol. The van der Waals surface area contributed by atoms with Gasteiger partial charge in [0.25, 0.3) is 0 Å². The first kappa shape index (κ1) is 11.6. The highest BCUT2D eigenvalue weighted by Gasteiger charge is 2.26. The number of hydrogen-bond acceptors (Lipinski definition) is 1. The minimum atomic E-state index is -1.18. The Balaban J connectivity index is 2.94. The van der Waals surface area contributed by atoms with Crippen molar-refractivity contribution in [3.8, 4) is 0 Å². The van der Waals surface area contributed by atoms with Crippen LogP contribution in [0.2, 0.25) is 5.02 Å². The largest absolute Gasteiger partial charge is 0.480 e. The number of halogens is 3. The Hall–Kier alpha value is -0.440. The second-order valence-corrected chi connectivity index (χ2v) is 4.01. The van der Waals surface area contributed by atoms with Crippen LogP contribution in [0.15, 0.2) is 24.3 Å². The summed E-state index contributed by atoms with van der Waals surface area (Å²) in [6, 6.07) is 6.75. The summed E-state index contributed by atoms with van der Waals surface area (Å²) in [5, 5.41) is 7.05. The average Bonchev–Trinajstić information content (AvgIpc) is 2.16. The number of aliphatic carboxylic acids is 1. The SMILES string of the molecule is O=C(O)[C@@H](Cl)[C@@H](Cl)c1ccccc1Cl. The molecule has 0 unspecified atom stereocenters. The van der Waals surface area contributed by atoms with Crippen LogP contribution in [0.3, 0.4) is 0 Å². The molecule has 0 aromatic heterocycles. The van der Waals surface area contributed by atoms with Gasteiger partial charge >= 0.3 is 5.97 Å². The van der Waals surface area contributed by atoms with E-state index in [1.807, 2.05) is 0 Å². The maximum absolute atomic E-state index is 10.6. The van der Waals surface area contributed by atoms with Crippen molar-refractivity contribution in [1.29, 1.82) is 0 Å². The lowest BCUT2D eigenvalue weighted by atomic mass is 10.1. The van der Waals surface area contributed by atoms with Crippen molar-refractivity contribution in [2.24, 2.45) is 0 Å². The molecule has 0 spiro atoms. The molecule has 1 rings (SSSR count). The van der Waals surface area contributed by atoms with Crippen molar-refractivity contribution in [3.63, 3.8) is 0 Å². The Bertz CT molecular complexity index is 341. The van der Waals surface area contributed by atoms with Gasteiger partial charge in [0.15, 0.2) is 5.38 Å². The fourth-order valence-electron chi connectivity index (χ4n) is 0.982. The zero-order valence-corrected chi connectivity index (χ0v) is 9.22. The Morgan fingerprint density at radius 1 is 1.29 bits per heavy atom. The Labute approximate surface area is 96.4 Å². The van der Waals surface area contributed by atoms with E-state index >= 15 is 0 Å². The highest BCUT2D eigenvalue weighted by Crippen LogP contribution is 2.32. The molecule has 0 heterocycles. The van der Waals surface area contributed by atoms with E-state index in [0.29, 0.717) is 10.6 Å². The molecule has 0 aliphatic carbocycles. The molecule has 76 valence electrons. The van der Waals surface area contributed by atoms with E-state index in [1.54, 1.807) is 24.3 Å². The molecule has 0 aliphatic rings. The normalized spacial score (nSPS) is 14.8. The van der Waals surface area contributed by atoms with Gasteiger partial charge < -0.3 is 5.11 Å². The highest BCUT2D eigenvalue weighted by molar-refractivity contribution is 6.38. The van der Waals surface area contributed by atoms with Crippen molar-refractivity contribution in [2.45, 2.75) is 10.8 Å². The van der Waals surface area contributed by atoms with Crippen molar-refractivity contribution in [1.82, 2.24) is 0 Å². The van der Waals surface area contributed by atoms with Gasteiger partial charge in [-0.05, 0) is 11.6 Å². The summed E-state index contributed by atoms with van der Waals surface area (Å²) in [5.74, 6) is -1.16. The highest BCUT2D eigenvalue weighted by atomic mass is 35.5.